The third kappa shape index (κ3) is 2.13. The first-order valence-corrected chi connectivity index (χ1v) is 6.74. The van der Waals surface area contributed by atoms with Gasteiger partial charge in [0.2, 0.25) is 0 Å². The number of hydrogen-bond donors (Lipinski definition) is 1. The van der Waals surface area contributed by atoms with Crippen LogP contribution in [0.4, 0.5) is 0 Å². The van der Waals surface area contributed by atoms with Crippen molar-refractivity contribution in [2.24, 2.45) is 0 Å². The summed E-state index contributed by atoms with van der Waals surface area (Å²) in [7, 11) is 0. The molecule has 0 aliphatic carbocycles. The molecule has 3 rings (SSSR count). The van der Waals surface area contributed by atoms with Crippen molar-refractivity contribution in [1.82, 2.24) is 0 Å². The number of ether oxygens (including phenoxy) is 2. The van der Waals surface area contributed by atoms with Crippen LogP contribution >= 0.6 is 0 Å². The third-order valence-electron chi connectivity index (χ3n) is 4.04. The summed E-state index contributed by atoms with van der Waals surface area (Å²) in [4.78, 5) is 0. The molecule has 0 saturated carbocycles. The second-order valence-electron chi connectivity index (χ2n) is 5.51. The van der Waals surface area contributed by atoms with Crippen molar-refractivity contribution < 1.29 is 14.6 Å². The normalized spacial score (nSPS) is 31.6. The molecule has 2 aliphatic rings. The summed E-state index contributed by atoms with van der Waals surface area (Å²) in [5, 5.41) is 10.4. The SMILES string of the molecule is Cc1ccc2c(c1)[C@@H](O)CC1(CCCOCC1)O2. The highest BCUT2D eigenvalue weighted by Crippen LogP contribution is 2.44. The molecule has 0 bridgehead atoms. The van der Waals surface area contributed by atoms with Crippen molar-refractivity contribution in [2.75, 3.05) is 13.2 Å². The highest BCUT2D eigenvalue weighted by Gasteiger charge is 2.40. The van der Waals surface area contributed by atoms with Gasteiger partial charge in [-0.2, -0.15) is 0 Å². The second kappa shape index (κ2) is 4.56. The van der Waals surface area contributed by atoms with Gasteiger partial charge in [-0.25, -0.2) is 0 Å². The van der Waals surface area contributed by atoms with Crippen molar-refractivity contribution in [2.45, 2.75) is 44.3 Å². The molecular weight excluding hydrogens is 228 g/mol. The highest BCUT2D eigenvalue weighted by molar-refractivity contribution is 5.40. The van der Waals surface area contributed by atoms with E-state index in [-0.39, 0.29) is 5.60 Å². The van der Waals surface area contributed by atoms with Crippen LogP contribution in [0.2, 0.25) is 0 Å². The second-order valence-corrected chi connectivity index (χ2v) is 5.51. The molecule has 1 unspecified atom stereocenters. The van der Waals surface area contributed by atoms with Gasteiger partial charge in [-0.1, -0.05) is 11.6 Å². The van der Waals surface area contributed by atoms with Crippen molar-refractivity contribution in [3.63, 3.8) is 0 Å². The fraction of sp³-hybridized carbons (Fsp3) is 0.600. The number of fused-ring (bicyclic) bond motifs is 1. The van der Waals surface area contributed by atoms with E-state index < -0.39 is 6.10 Å². The van der Waals surface area contributed by atoms with E-state index in [1.54, 1.807) is 0 Å². The Labute approximate surface area is 108 Å². The molecule has 1 spiro atoms. The van der Waals surface area contributed by atoms with Gasteiger partial charge in [-0.05, 0) is 31.9 Å². The van der Waals surface area contributed by atoms with Crippen molar-refractivity contribution >= 4 is 0 Å². The van der Waals surface area contributed by atoms with Gasteiger partial charge in [0.1, 0.15) is 11.4 Å². The molecule has 18 heavy (non-hydrogen) atoms. The molecule has 2 heterocycles. The number of hydrogen-bond acceptors (Lipinski definition) is 3. The lowest BCUT2D eigenvalue weighted by molar-refractivity contribution is -0.0272. The molecule has 0 aromatic heterocycles. The first kappa shape index (κ1) is 12.0. The largest absolute Gasteiger partial charge is 0.487 e. The Morgan fingerprint density at radius 1 is 1.28 bits per heavy atom. The fourth-order valence-electron chi connectivity index (χ4n) is 3.05. The minimum Gasteiger partial charge on any atom is -0.487 e. The Balaban J connectivity index is 1.92. The number of aliphatic hydroxyl groups excluding tert-OH is 1. The van der Waals surface area contributed by atoms with Crippen LogP contribution in [0.1, 0.15) is 42.9 Å². The van der Waals surface area contributed by atoms with Crippen LogP contribution < -0.4 is 4.74 Å². The molecule has 1 N–H and O–H groups in total. The molecule has 98 valence electrons. The van der Waals surface area contributed by atoms with E-state index in [9.17, 15) is 5.11 Å². The predicted octanol–water partition coefficient (Wildman–Crippen LogP) is 2.75. The highest BCUT2D eigenvalue weighted by atomic mass is 16.5. The zero-order valence-electron chi connectivity index (χ0n) is 10.8. The van der Waals surface area contributed by atoms with Gasteiger partial charge >= 0.3 is 0 Å². The molecule has 1 aromatic carbocycles. The average molecular weight is 248 g/mol. The Hall–Kier alpha value is -1.06. The summed E-state index contributed by atoms with van der Waals surface area (Å²) >= 11 is 0. The minimum absolute atomic E-state index is 0.224. The fourth-order valence-corrected chi connectivity index (χ4v) is 3.05. The first-order valence-electron chi connectivity index (χ1n) is 6.74. The van der Waals surface area contributed by atoms with Gasteiger partial charge < -0.3 is 14.6 Å². The smallest absolute Gasteiger partial charge is 0.125 e. The lowest BCUT2D eigenvalue weighted by Crippen LogP contribution is -2.41. The molecule has 1 fully saturated rings. The minimum atomic E-state index is -0.410. The topological polar surface area (TPSA) is 38.7 Å². The summed E-state index contributed by atoms with van der Waals surface area (Å²) in [5.41, 5.74) is 1.88. The van der Waals surface area contributed by atoms with Crippen LogP contribution in [-0.2, 0) is 4.74 Å². The maximum absolute atomic E-state index is 10.4. The summed E-state index contributed by atoms with van der Waals surface area (Å²) in [6.07, 6.45) is 3.13. The van der Waals surface area contributed by atoms with E-state index in [0.29, 0.717) is 6.42 Å². The van der Waals surface area contributed by atoms with Gasteiger partial charge in [-0.15, -0.1) is 0 Å². The van der Waals surface area contributed by atoms with Gasteiger partial charge in [0.15, 0.2) is 0 Å². The average Bonchev–Trinajstić information content (AvgIpc) is 2.56. The van der Waals surface area contributed by atoms with Crippen LogP contribution in [0.25, 0.3) is 0 Å². The van der Waals surface area contributed by atoms with Crippen LogP contribution in [0, 0.1) is 6.92 Å². The van der Waals surface area contributed by atoms with Gasteiger partial charge in [0.05, 0.1) is 12.7 Å². The molecule has 1 saturated heterocycles. The van der Waals surface area contributed by atoms with E-state index in [2.05, 4.69) is 0 Å². The quantitative estimate of drug-likeness (QED) is 0.767. The molecule has 3 heteroatoms. The van der Waals surface area contributed by atoms with Crippen molar-refractivity contribution in [1.29, 1.82) is 0 Å². The van der Waals surface area contributed by atoms with E-state index in [4.69, 9.17) is 9.47 Å². The zero-order valence-corrected chi connectivity index (χ0v) is 10.8. The van der Waals surface area contributed by atoms with Crippen LogP contribution in [0.15, 0.2) is 18.2 Å². The number of aryl methyl sites for hydroxylation is 1. The Kier molecular flexibility index (Phi) is 3.04. The lowest BCUT2D eigenvalue weighted by Gasteiger charge is -2.40. The predicted molar refractivity (Wildman–Crippen MR) is 68.8 cm³/mol. The summed E-state index contributed by atoms with van der Waals surface area (Å²) < 4.78 is 11.7. The van der Waals surface area contributed by atoms with Crippen molar-refractivity contribution in [3.8, 4) is 5.75 Å². The molecular formula is C15H20O3. The molecule has 2 atom stereocenters. The molecule has 3 nitrogen and oxygen atoms in total. The first-order chi connectivity index (χ1) is 8.69. The Morgan fingerprint density at radius 2 is 2.17 bits per heavy atom. The maximum Gasteiger partial charge on any atom is 0.125 e. The standard InChI is InChI=1S/C15H20O3/c1-11-3-4-14-12(9-11)13(16)10-15(18-14)5-2-7-17-8-6-15/h3-4,9,13,16H,2,5-8,10H2,1H3/t13-,15?/m0/s1. The third-order valence-corrected chi connectivity index (χ3v) is 4.04. The zero-order chi connectivity index (χ0) is 12.6. The van der Waals surface area contributed by atoms with Crippen LogP contribution in [0.3, 0.4) is 0 Å². The van der Waals surface area contributed by atoms with Crippen LogP contribution in [-0.4, -0.2) is 23.9 Å². The summed E-state index contributed by atoms with van der Waals surface area (Å²) in [5.74, 6) is 0.848. The van der Waals surface area contributed by atoms with E-state index in [1.807, 2.05) is 25.1 Å². The monoisotopic (exact) mass is 248 g/mol. The number of benzene rings is 1. The summed E-state index contributed by atoms with van der Waals surface area (Å²) in [6, 6.07) is 6.05. The molecule has 2 aliphatic heterocycles. The molecule has 1 aromatic rings. The van der Waals surface area contributed by atoms with Gasteiger partial charge in [0.25, 0.3) is 0 Å². The number of rotatable bonds is 0. The molecule has 0 radical (unpaired) electrons. The van der Waals surface area contributed by atoms with Gasteiger partial charge in [-0.3, -0.25) is 0 Å². The Bertz CT molecular complexity index is 433. The van der Waals surface area contributed by atoms with E-state index in [0.717, 1.165) is 49.4 Å². The van der Waals surface area contributed by atoms with Crippen molar-refractivity contribution in [3.05, 3.63) is 29.3 Å². The van der Waals surface area contributed by atoms with Gasteiger partial charge in [0, 0.05) is 25.0 Å². The summed E-state index contributed by atoms with van der Waals surface area (Å²) in [6.45, 7) is 3.58. The molecule has 0 amide bonds. The van der Waals surface area contributed by atoms with E-state index in [1.165, 1.54) is 0 Å². The number of aliphatic hydroxyl groups is 1. The van der Waals surface area contributed by atoms with Crippen LogP contribution in [0.5, 0.6) is 5.75 Å². The Morgan fingerprint density at radius 3 is 3.06 bits per heavy atom. The van der Waals surface area contributed by atoms with E-state index >= 15 is 0 Å². The maximum atomic E-state index is 10.4. The lowest BCUT2D eigenvalue weighted by atomic mass is 9.83.